The van der Waals surface area contributed by atoms with Crippen molar-refractivity contribution in [1.82, 2.24) is 5.32 Å². The van der Waals surface area contributed by atoms with Gasteiger partial charge in [0.05, 0.1) is 5.92 Å². The molecular formula is C12H21NO4. The van der Waals surface area contributed by atoms with Gasteiger partial charge in [0.2, 0.25) is 5.91 Å². The fraction of sp³-hybridized carbons (Fsp3) is 0.833. The van der Waals surface area contributed by atoms with Crippen LogP contribution in [0.1, 0.15) is 39.5 Å². The van der Waals surface area contributed by atoms with E-state index in [4.69, 9.17) is 10.2 Å². The van der Waals surface area contributed by atoms with Gasteiger partial charge in [0.25, 0.3) is 0 Å². The van der Waals surface area contributed by atoms with Crippen LogP contribution in [0.3, 0.4) is 0 Å². The highest BCUT2D eigenvalue weighted by atomic mass is 16.4. The van der Waals surface area contributed by atoms with Gasteiger partial charge in [0, 0.05) is 18.1 Å². The lowest BCUT2D eigenvalue weighted by Crippen LogP contribution is -2.46. The third kappa shape index (κ3) is 4.00. The molecular weight excluding hydrogens is 222 g/mol. The maximum atomic E-state index is 11.9. The number of carboxylic acids is 1. The molecule has 0 saturated heterocycles. The molecule has 1 saturated carbocycles. The molecule has 0 aromatic carbocycles. The molecule has 1 fully saturated rings. The van der Waals surface area contributed by atoms with Crippen molar-refractivity contribution in [2.24, 2.45) is 11.8 Å². The number of rotatable bonds is 5. The molecule has 3 N–H and O–H groups in total. The molecule has 0 aliphatic heterocycles. The Morgan fingerprint density at radius 2 is 1.88 bits per heavy atom. The van der Waals surface area contributed by atoms with Crippen molar-refractivity contribution < 1.29 is 19.8 Å². The van der Waals surface area contributed by atoms with E-state index in [-0.39, 0.29) is 24.3 Å². The molecule has 0 radical (unpaired) electrons. The first-order valence-electron chi connectivity index (χ1n) is 6.01. The number of carbonyl (C=O) groups excluding carboxylic acids is 1. The third-order valence-corrected chi connectivity index (χ3v) is 3.35. The number of amides is 1. The zero-order valence-corrected chi connectivity index (χ0v) is 10.4. The average Bonchev–Trinajstić information content (AvgIpc) is 2.64. The van der Waals surface area contributed by atoms with Gasteiger partial charge in [-0.3, -0.25) is 9.59 Å². The van der Waals surface area contributed by atoms with Gasteiger partial charge in [-0.15, -0.1) is 0 Å². The van der Waals surface area contributed by atoms with E-state index in [9.17, 15) is 9.59 Å². The second-order valence-corrected chi connectivity index (χ2v) is 5.39. The molecule has 1 aliphatic carbocycles. The number of hydrogen-bond acceptors (Lipinski definition) is 3. The van der Waals surface area contributed by atoms with Crippen molar-refractivity contribution in [3.8, 4) is 0 Å². The van der Waals surface area contributed by atoms with Gasteiger partial charge in [-0.05, 0) is 39.5 Å². The minimum Gasteiger partial charge on any atom is -0.481 e. The summed E-state index contributed by atoms with van der Waals surface area (Å²) in [6.07, 6.45) is 2.13. The van der Waals surface area contributed by atoms with Crippen molar-refractivity contribution in [2.45, 2.75) is 45.1 Å². The Bertz CT molecular complexity index is 301. The van der Waals surface area contributed by atoms with E-state index in [1.165, 1.54) is 0 Å². The predicted octanol–water partition coefficient (Wildman–Crippen LogP) is 0.764. The lowest BCUT2D eigenvalue weighted by Gasteiger charge is -2.27. The van der Waals surface area contributed by atoms with Crippen LogP contribution >= 0.6 is 0 Å². The van der Waals surface area contributed by atoms with Crippen LogP contribution < -0.4 is 5.32 Å². The summed E-state index contributed by atoms with van der Waals surface area (Å²) in [6, 6.07) is 0. The van der Waals surface area contributed by atoms with Crippen molar-refractivity contribution >= 4 is 11.9 Å². The number of carboxylic acid groups (broad SMARTS) is 1. The van der Waals surface area contributed by atoms with E-state index in [1.54, 1.807) is 0 Å². The molecule has 2 unspecified atom stereocenters. The third-order valence-electron chi connectivity index (χ3n) is 3.35. The summed E-state index contributed by atoms with van der Waals surface area (Å²) in [5.74, 6) is -1.48. The van der Waals surface area contributed by atoms with Crippen molar-refractivity contribution in [3.63, 3.8) is 0 Å². The van der Waals surface area contributed by atoms with Gasteiger partial charge in [-0.2, -0.15) is 0 Å². The second-order valence-electron chi connectivity index (χ2n) is 5.39. The standard InChI is InChI=1S/C12H21NO4/c1-12(2,5-6-14)13-10(15)8-3-4-9(7-8)11(16)17/h8-9,14H,3-7H2,1-2H3,(H,13,15)(H,16,17). The van der Waals surface area contributed by atoms with E-state index in [0.717, 1.165) is 0 Å². The summed E-state index contributed by atoms with van der Waals surface area (Å²) in [6.45, 7) is 3.73. The predicted molar refractivity (Wildman–Crippen MR) is 62.4 cm³/mol. The van der Waals surface area contributed by atoms with Gasteiger partial charge in [-0.25, -0.2) is 0 Å². The highest BCUT2D eigenvalue weighted by molar-refractivity contribution is 5.81. The normalized spacial score (nSPS) is 24.6. The van der Waals surface area contributed by atoms with Crippen LogP contribution in [0, 0.1) is 11.8 Å². The Morgan fingerprint density at radius 1 is 1.29 bits per heavy atom. The molecule has 1 rings (SSSR count). The van der Waals surface area contributed by atoms with Crippen LogP contribution in [0.15, 0.2) is 0 Å². The maximum Gasteiger partial charge on any atom is 0.306 e. The molecule has 0 aromatic heterocycles. The van der Waals surface area contributed by atoms with Crippen LogP contribution in [0.25, 0.3) is 0 Å². The first kappa shape index (κ1) is 14.0. The van der Waals surface area contributed by atoms with Crippen LogP contribution in [-0.2, 0) is 9.59 Å². The number of aliphatic hydroxyl groups excluding tert-OH is 1. The maximum absolute atomic E-state index is 11.9. The number of carbonyl (C=O) groups is 2. The molecule has 0 spiro atoms. The van der Waals surface area contributed by atoms with E-state index in [2.05, 4.69) is 5.32 Å². The quantitative estimate of drug-likeness (QED) is 0.665. The van der Waals surface area contributed by atoms with Crippen LogP contribution in [-0.4, -0.2) is 34.2 Å². The fourth-order valence-corrected chi connectivity index (χ4v) is 2.22. The SMILES string of the molecule is CC(C)(CCO)NC(=O)C1CCC(C(=O)O)C1. The summed E-state index contributed by atoms with van der Waals surface area (Å²) in [5.41, 5.74) is -0.437. The zero-order valence-electron chi connectivity index (χ0n) is 10.4. The minimum atomic E-state index is -0.810. The van der Waals surface area contributed by atoms with Gasteiger partial charge in [-0.1, -0.05) is 0 Å². The lowest BCUT2D eigenvalue weighted by molar-refractivity contribution is -0.141. The summed E-state index contributed by atoms with van der Waals surface area (Å²) >= 11 is 0. The molecule has 17 heavy (non-hydrogen) atoms. The van der Waals surface area contributed by atoms with E-state index in [0.29, 0.717) is 25.7 Å². The zero-order chi connectivity index (χ0) is 13.1. The first-order chi connectivity index (χ1) is 7.85. The summed E-state index contributed by atoms with van der Waals surface area (Å²) < 4.78 is 0. The Hall–Kier alpha value is -1.10. The first-order valence-corrected chi connectivity index (χ1v) is 6.01. The molecule has 0 heterocycles. The van der Waals surface area contributed by atoms with E-state index >= 15 is 0 Å². The highest BCUT2D eigenvalue weighted by Gasteiger charge is 2.35. The van der Waals surface area contributed by atoms with E-state index < -0.39 is 11.5 Å². The van der Waals surface area contributed by atoms with Crippen molar-refractivity contribution in [2.75, 3.05) is 6.61 Å². The average molecular weight is 243 g/mol. The summed E-state index contributed by atoms with van der Waals surface area (Å²) in [5, 5.41) is 20.6. The molecule has 98 valence electrons. The molecule has 1 amide bonds. The van der Waals surface area contributed by atoms with E-state index in [1.807, 2.05) is 13.8 Å². The lowest BCUT2D eigenvalue weighted by atomic mass is 9.98. The van der Waals surface area contributed by atoms with Gasteiger partial charge in [0.1, 0.15) is 0 Å². The topological polar surface area (TPSA) is 86.6 Å². The van der Waals surface area contributed by atoms with Crippen LogP contribution in [0.5, 0.6) is 0 Å². The Balaban J connectivity index is 2.47. The number of aliphatic carboxylic acids is 1. The number of aliphatic hydroxyl groups is 1. The second kappa shape index (κ2) is 5.49. The highest BCUT2D eigenvalue weighted by Crippen LogP contribution is 2.31. The van der Waals surface area contributed by atoms with Crippen molar-refractivity contribution in [1.29, 1.82) is 0 Å². The molecule has 5 nitrogen and oxygen atoms in total. The van der Waals surface area contributed by atoms with Gasteiger partial charge in [0.15, 0.2) is 0 Å². The molecule has 0 bridgehead atoms. The largest absolute Gasteiger partial charge is 0.481 e. The van der Waals surface area contributed by atoms with Crippen LogP contribution in [0.4, 0.5) is 0 Å². The van der Waals surface area contributed by atoms with Gasteiger partial charge >= 0.3 is 5.97 Å². The number of hydrogen-bond donors (Lipinski definition) is 3. The fourth-order valence-electron chi connectivity index (χ4n) is 2.22. The molecule has 1 aliphatic rings. The Labute approximate surface area is 101 Å². The monoisotopic (exact) mass is 243 g/mol. The Morgan fingerprint density at radius 3 is 2.35 bits per heavy atom. The molecule has 2 atom stereocenters. The summed E-state index contributed by atoms with van der Waals surface area (Å²) in [4.78, 5) is 22.7. The Kier molecular flexibility index (Phi) is 4.51. The van der Waals surface area contributed by atoms with Gasteiger partial charge < -0.3 is 15.5 Å². The molecule has 0 aromatic rings. The number of nitrogens with one attached hydrogen (secondary N) is 1. The smallest absolute Gasteiger partial charge is 0.306 e. The summed E-state index contributed by atoms with van der Waals surface area (Å²) in [7, 11) is 0. The molecule has 5 heteroatoms. The van der Waals surface area contributed by atoms with Crippen molar-refractivity contribution in [3.05, 3.63) is 0 Å². The van der Waals surface area contributed by atoms with Crippen LogP contribution in [0.2, 0.25) is 0 Å². The minimum absolute atomic E-state index is 0.0235.